The molecular formula is C27H21N3O4. The second-order valence-corrected chi connectivity index (χ2v) is 7.87. The number of hydrogen-bond acceptors (Lipinski definition) is 5. The molecule has 5 rings (SSSR count). The van der Waals surface area contributed by atoms with Crippen molar-refractivity contribution in [3.63, 3.8) is 0 Å². The molecule has 0 saturated heterocycles. The largest absolute Gasteiger partial charge is 0.456 e. The van der Waals surface area contributed by atoms with E-state index in [4.69, 9.17) is 4.74 Å². The highest BCUT2D eigenvalue weighted by Gasteiger charge is 2.17. The van der Waals surface area contributed by atoms with Gasteiger partial charge < -0.3 is 4.74 Å². The first kappa shape index (κ1) is 21.3. The molecule has 3 heterocycles. The van der Waals surface area contributed by atoms with Crippen molar-refractivity contribution in [3.8, 4) is 5.69 Å². The van der Waals surface area contributed by atoms with Gasteiger partial charge in [-0.25, -0.2) is 9.78 Å². The Morgan fingerprint density at radius 1 is 0.941 bits per heavy atom. The van der Waals surface area contributed by atoms with E-state index >= 15 is 0 Å². The molecule has 34 heavy (non-hydrogen) atoms. The zero-order valence-electron chi connectivity index (χ0n) is 18.5. The predicted octanol–water partition coefficient (Wildman–Crippen LogP) is 3.92. The third kappa shape index (κ3) is 3.88. The molecule has 5 aromatic rings. The first-order valence-electron chi connectivity index (χ1n) is 10.9. The number of pyridine rings is 2. The standard InChI is InChI=1S/C27H21N3O4/c1-2-18-10-12-20(13-11-18)30-16-23(21-7-3-4-8-22(21)26(30)32)27(33)34-17-19-15-25(31)29-14-6-5-9-24(29)28-19/h3-16H,2,17H2,1H3. The van der Waals surface area contributed by atoms with E-state index in [0.29, 0.717) is 27.8 Å². The number of carbonyl (C=O) groups is 1. The maximum atomic E-state index is 13.2. The highest BCUT2D eigenvalue weighted by Crippen LogP contribution is 2.19. The summed E-state index contributed by atoms with van der Waals surface area (Å²) in [6, 6.07) is 21.1. The first-order valence-corrected chi connectivity index (χ1v) is 10.9. The van der Waals surface area contributed by atoms with Crippen molar-refractivity contribution in [2.24, 2.45) is 0 Å². The molecule has 0 aliphatic heterocycles. The minimum Gasteiger partial charge on any atom is -0.456 e. The zero-order chi connectivity index (χ0) is 23.7. The lowest BCUT2D eigenvalue weighted by Crippen LogP contribution is -2.21. The van der Waals surface area contributed by atoms with Crippen molar-refractivity contribution in [2.45, 2.75) is 20.0 Å². The van der Waals surface area contributed by atoms with Crippen LogP contribution in [0.5, 0.6) is 0 Å². The van der Waals surface area contributed by atoms with E-state index < -0.39 is 5.97 Å². The molecule has 0 atom stereocenters. The maximum Gasteiger partial charge on any atom is 0.340 e. The van der Waals surface area contributed by atoms with Gasteiger partial charge in [-0.05, 0) is 42.3 Å². The summed E-state index contributed by atoms with van der Waals surface area (Å²) in [6.45, 7) is 1.89. The van der Waals surface area contributed by atoms with Crippen LogP contribution in [0.15, 0.2) is 94.8 Å². The van der Waals surface area contributed by atoms with Crippen LogP contribution >= 0.6 is 0 Å². The second kappa shape index (κ2) is 8.78. The highest BCUT2D eigenvalue weighted by atomic mass is 16.5. The highest BCUT2D eigenvalue weighted by molar-refractivity contribution is 6.04. The summed E-state index contributed by atoms with van der Waals surface area (Å²) in [5, 5.41) is 0.920. The van der Waals surface area contributed by atoms with Gasteiger partial charge in [-0.2, -0.15) is 0 Å². The van der Waals surface area contributed by atoms with E-state index in [9.17, 15) is 14.4 Å². The molecule has 0 fully saturated rings. The number of benzene rings is 2. The molecule has 7 heteroatoms. The molecule has 0 saturated carbocycles. The van der Waals surface area contributed by atoms with Crippen molar-refractivity contribution in [3.05, 3.63) is 123 Å². The summed E-state index contributed by atoms with van der Waals surface area (Å²) in [7, 11) is 0. The molecule has 0 bridgehead atoms. The quantitative estimate of drug-likeness (QED) is 0.378. The molecule has 0 amide bonds. The number of ether oxygens (including phenoxy) is 1. The minimum atomic E-state index is -0.606. The summed E-state index contributed by atoms with van der Waals surface area (Å²) in [6.07, 6.45) is 4.02. The van der Waals surface area contributed by atoms with E-state index in [0.717, 1.165) is 12.0 Å². The summed E-state index contributed by atoms with van der Waals surface area (Å²) >= 11 is 0. The van der Waals surface area contributed by atoms with Crippen LogP contribution in [0.3, 0.4) is 0 Å². The van der Waals surface area contributed by atoms with Crippen molar-refractivity contribution in [2.75, 3.05) is 0 Å². The first-order chi connectivity index (χ1) is 16.5. The topological polar surface area (TPSA) is 82.7 Å². The van der Waals surface area contributed by atoms with Crippen molar-refractivity contribution >= 4 is 22.4 Å². The van der Waals surface area contributed by atoms with Crippen LogP contribution in [-0.2, 0) is 17.8 Å². The number of rotatable bonds is 5. The van der Waals surface area contributed by atoms with Gasteiger partial charge in [0.25, 0.3) is 11.1 Å². The molecule has 0 spiro atoms. The molecule has 0 N–H and O–H groups in total. The van der Waals surface area contributed by atoms with Crippen molar-refractivity contribution in [1.29, 1.82) is 0 Å². The maximum absolute atomic E-state index is 13.2. The van der Waals surface area contributed by atoms with Gasteiger partial charge in [-0.15, -0.1) is 0 Å². The SMILES string of the molecule is CCc1ccc(-n2cc(C(=O)OCc3cc(=O)n4ccccc4n3)c3ccccc3c2=O)cc1. The Labute approximate surface area is 194 Å². The van der Waals surface area contributed by atoms with Crippen LogP contribution in [0.1, 0.15) is 28.5 Å². The fraction of sp³-hybridized carbons (Fsp3) is 0.111. The Kier molecular flexibility index (Phi) is 5.51. The molecule has 0 unspecified atom stereocenters. The fourth-order valence-corrected chi connectivity index (χ4v) is 3.93. The smallest absolute Gasteiger partial charge is 0.340 e. The summed E-state index contributed by atoms with van der Waals surface area (Å²) in [5.74, 6) is -0.606. The Morgan fingerprint density at radius 3 is 2.44 bits per heavy atom. The van der Waals surface area contributed by atoms with Gasteiger partial charge >= 0.3 is 5.97 Å². The minimum absolute atomic E-state index is 0.169. The monoisotopic (exact) mass is 451 g/mol. The van der Waals surface area contributed by atoms with Crippen molar-refractivity contribution in [1.82, 2.24) is 14.0 Å². The number of nitrogens with zero attached hydrogens (tertiary/aromatic N) is 3. The van der Waals surface area contributed by atoms with Crippen molar-refractivity contribution < 1.29 is 9.53 Å². The van der Waals surface area contributed by atoms with E-state index in [1.165, 1.54) is 21.2 Å². The molecule has 0 aliphatic rings. The van der Waals surface area contributed by atoms with Gasteiger partial charge in [0.15, 0.2) is 0 Å². The molecule has 0 aliphatic carbocycles. The second-order valence-electron chi connectivity index (χ2n) is 7.87. The number of aromatic nitrogens is 3. The number of aryl methyl sites for hydroxylation is 1. The molecule has 168 valence electrons. The van der Waals surface area contributed by atoms with E-state index in [1.807, 2.05) is 24.3 Å². The summed E-state index contributed by atoms with van der Waals surface area (Å²) in [4.78, 5) is 43.0. The van der Waals surface area contributed by atoms with E-state index in [1.54, 1.807) is 48.7 Å². The molecule has 0 radical (unpaired) electrons. The van der Waals surface area contributed by atoms with Gasteiger partial charge in [0.05, 0.1) is 11.3 Å². The normalized spacial score (nSPS) is 11.1. The molecule has 2 aromatic carbocycles. The van der Waals surface area contributed by atoms with Gasteiger partial charge in [-0.3, -0.25) is 18.6 Å². The summed E-state index contributed by atoms with van der Waals surface area (Å²) in [5.41, 5.74) is 2.40. The molecular weight excluding hydrogens is 430 g/mol. The third-order valence-corrected chi connectivity index (χ3v) is 5.74. The number of hydrogen-bond donors (Lipinski definition) is 0. The Morgan fingerprint density at radius 2 is 1.68 bits per heavy atom. The van der Waals surface area contributed by atoms with E-state index in [-0.39, 0.29) is 23.3 Å². The van der Waals surface area contributed by atoms with Crippen LogP contribution in [0.4, 0.5) is 0 Å². The van der Waals surface area contributed by atoms with Crippen LogP contribution < -0.4 is 11.1 Å². The van der Waals surface area contributed by atoms with Gasteiger partial charge in [-0.1, -0.05) is 43.3 Å². The van der Waals surface area contributed by atoms with Crippen LogP contribution in [-0.4, -0.2) is 19.9 Å². The lowest BCUT2D eigenvalue weighted by Gasteiger charge is -2.13. The predicted molar refractivity (Wildman–Crippen MR) is 130 cm³/mol. The molecule has 7 nitrogen and oxygen atoms in total. The number of esters is 1. The van der Waals surface area contributed by atoms with Crippen LogP contribution in [0.25, 0.3) is 22.1 Å². The lowest BCUT2D eigenvalue weighted by atomic mass is 10.1. The van der Waals surface area contributed by atoms with Gasteiger partial charge in [0, 0.05) is 34.9 Å². The number of carbonyl (C=O) groups excluding carboxylic acids is 1. The zero-order valence-corrected chi connectivity index (χ0v) is 18.5. The third-order valence-electron chi connectivity index (χ3n) is 5.74. The lowest BCUT2D eigenvalue weighted by molar-refractivity contribution is 0.0469. The Bertz CT molecular complexity index is 1650. The van der Waals surface area contributed by atoms with Crippen LogP contribution in [0, 0.1) is 0 Å². The summed E-state index contributed by atoms with van der Waals surface area (Å²) < 4.78 is 8.40. The van der Waals surface area contributed by atoms with Crippen LogP contribution in [0.2, 0.25) is 0 Å². The van der Waals surface area contributed by atoms with E-state index in [2.05, 4.69) is 11.9 Å². The Hall–Kier alpha value is -4.52. The van der Waals surface area contributed by atoms with Gasteiger partial charge in [0.1, 0.15) is 12.3 Å². The average molecular weight is 451 g/mol. The fourth-order valence-electron chi connectivity index (χ4n) is 3.93. The Balaban J connectivity index is 1.52. The average Bonchev–Trinajstić information content (AvgIpc) is 2.88. The number of fused-ring (bicyclic) bond motifs is 2. The van der Waals surface area contributed by atoms with Gasteiger partial charge in [0.2, 0.25) is 0 Å². The molecule has 3 aromatic heterocycles.